The molecule has 1 unspecified atom stereocenters. The number of benzene rings is 1. The van der Waals surface area contributed by atoms with Crippen molar-refractivity contribution in [3.63, 3.8) is 0 Å². The van der Waals surface area contributed by atoms with E-state index in [2.05, 4.69) is 36.3 Å². The fourth-order valence-electron chi connectivity index (χ4n) is 2.90. The summed E-state index contributed by atoms with van der Waals surface area (Å²) in [7, 11) is 1.59. The summed E-state index contributed by atoms with van der Waals surface area (Å²) in [5, 5.41) is 17.4. The van der Waals surface area contributed by atoms with Gasteiger partial charge < -0.3 is 10.0 Å². The van der Waals surface area contributed by atoms with Gasteiger partial charge in [0, 0.05) is 13.6 Å². The molecule has 146 valence electrons. The summed E-state index contributed by atoms with van der Waals surface area (Å²) in [4.78, 5) is 25.3. The summed E-state index contributed by atoms with van der Waals surface area (Å²) in [5.41, 5.74) is 3.09. The first-order valence-corrected chi connectivity index (χ1v) is 9.29. The Balaban J connectivity index is 2.38. The van der Waals surface area contributed by atoms with Gasteiger partial charge >= 0.3 is 5.97 Å². The molecule has 0 aliphatic heterocycles. The molecule has 27 heavy (non-hydrogen) atoms. The van der Waals surface area contributed by atoms with E-state index in [9.17, 15) is 9.59 Å². The van der Waals surface area contributed by atoms with Crippen molar-refractivity contribution < 1.29 is 14.7 Å². The summed E-state index contributed by atoms with van der Waals surface area (Å²) in [5.74, 6) is -1.51. The third kappa shape index (κ3) is 4.72. The van der Waals surface area contributed by atoms with E-state index in [-0.39, 0.29) is 18.1 Å². The van der Waals surface area contributed by atoms with Crippen molar-refractivity contribution >= 4 is 11.9 Å². The van der Waals surface area contributed by atoms with Crippen LogP contribution < -0.4 is 0 Å². The van der Waals surface area contributed by atoms with E-state index < -0.39 is 11.9 Å². The summed E-state index contributed by atoms with van der Waals surface area (Å²) in [6.45, 7) is 7.98. The number of amides is 1. The number of aromatic nitrogens is 3. The minimum absolute atomic E-state index is 0.120. The number of nitrogens with zero attached hydrogens (tertiary/aromatic N) is 4. The van der Waals surface area contributed by atoms with Gasteiger partial charge in [0.25, 0.3) is 5.91 Å². The van der Waals surface area contributed by atoms with Gasteiger partial charge in [-0.2, -0.15) is 0 Å². The molecule has 7 nitrogen and oxygen atoms in total. The highest BCUT2D eigenvalue weighted by Crippen LogP contribution is 2.21. The van der Waals surface area contributed by atoms with Gasteiger partial charge in [-0.3, -0.25) is 9.59 Å². The maximum atomic E-state index is 12.8. The summed E-state index contributed by atoms with van der Waals surface area (Å²) in [6, 6.07) is 8.05. The highest BCUT2D eigenvalue weighted by atomic mass is 16.4. The number of carboxylic acid groups (broad SMARTS) is 1. The molecule has 1 N–H and O–H groups in total. The van der Waals surface area contributed by atoms with Crippen LogP contribution in [0.2, 0.25) is 0 Å². The normalized spacial score (nSPS) is 12.2. The Labute approximate surface area is 160 Å². The van der Waals surface area contributed by atoms with Crippen molar-refractivity contribution in [3.05, 3.63) is 41.2 Å². The predicted octanol–water partition coefficient (Wildman–Crippen LogP) is 3.14. The first-order valence-electron chi connectivity index (χ1n) is 9.29. The maximum Gasteiger partial charge on any atom is 0.308 e. The van der Waals surface area contributed by atoms with Crippen molar-refractivity contribution in [2.45, 2.75) is 46.5 Å². The summed E-state index contributed by atoms with van der Waals surface area (Å²) < 4.78 is 1.72. The Morgan fingerprint density at radius 3 is 2.56 bits per heavy atom. The van der Waals surface area contributed by atoms with Gasteiger partial charge in [0.05, 0.1) is 17.3 Å². The van der Waals surface area contributed by atoms with Gasteiger partial charge in [-0.1, -0.05) is 51.5 Å². The molecule has 0 aliphatic carbocycles. The number of carbonyl (C=O) groups is 2. The molecule has 0 saturated heterocycles. The molecule has 7 heteroatoms. The molecule has 0 spiro atoms. The molecule has 1 atom stereocenters. The van der Waals surface area contributed by atoms with Crippen LogP contribution in [0.25, 0.3) is 5.69 Å². The van der Waals surface area contributed by atoms with Crippen LogP contribution in [0, 0.1) is 5.92 Å². The molecule has 0 saturated carbocycles. The molecule has 2 aromatic rings. The van der Waals surface area contributed by atoms with Crippen LogP contribution in [0.5, 0.6) is 0 Å². The van der Waals surface area contributed by atoms with E-state index in [1.54, 1.807) is 18.7 Å². The second-order valence-corrected chi connectivity index (χ2v) is 7.22. The molecule has 0 fully saturated rings. The van der Waals surface area contributed by atoms with E-state index >= 15 is 0 Å². The van der Waals surface area contributed by atoms with E-state index in [0.717, 1.165) is 17.8 Å². The lowest BCUT2D eigenvalue weighted by molar-refractivity contribution is -0.141. The van der Waals surface area contributed by atoms with Crippen LogP contribution in [0.1, 0.15) is 61.8 Å². The van der Waals surface area contributed by atoms with Crippen LogP contribution >= 0.6 is 0 Å². The van der Waals surface area contributed by atoms with Crippen molar-refractivity contribution in [1.82, 2.24) is 19.9 Å². The van der Waals surface area contributed by atoms with Gasteiger partial charge in [0.15, 0.2) is 5.69 Å². The van der Waals surface area contributed by atoms with Gasteiger partial charge in [0.1, 0.15) is 0 Å². The second kappa shape index (κ2) is 8.79. The SMILES string of the molecule is CCCc1c(C(=O)N(C)CC(C)C(=O)O)nnn1-c1cccc(C(C)C)c1. The molecule has 0 aliphatic rings. The van der Waals surface area contributed by atoms with Crippen LogP contribution in [-0.4, -0.2) is 50.5 Å². The van der Waals surface area contributed by atoms with Crippen molar-refractivity contribution in [2.24, 2.45) is 5.92 Å². The Morgan fingerprint density at radius 2 is 1.96 bits per heavy atom. The quantitative estimate of drug-likeness (QED) is 0.769. The molecule has 1 amide bonds. The minimum atomic E-state index is -0.933. The third-order valence-electron chi connectivity index (χ3n) is 4.55. The first-order chi connectivity index (χ1) is 12.8. The molecule has 1 aromatic heterocycles. The second-order valence-electron chi connectivity index (χ2n) is 7.22. The Morgan fingerprint density at radius 1 is 1.26 bits per heavy atom. The number of carboxylic acids is 1. The molecule has 2 rings (SSSR count). The van der Waals surface area contributed by atoms with Gasteiger partial charge in [0.2, 0.25) is 0 Å². The van der Waals surface area contributed by atoms with Crippen LogP contribution in [0.3, 0.4) is 0 Å². The lowest BCUT2D eigenvalue weighted by Crippen LogP contribution is -2.34. The van der Waals surface area contributed by atoms with Crippen LogP contribution in [-0.2, 0) is 11.2 Å². The highest BCUT2D eigenvalue weighted by Gasteiger charge is 2.25. The Kier molecular flexibility index (Phi) is 6.71. The lowest BCUT2D eigenvalue weighted by atomic mass is 10.0. The predicted molar refractivity (Wildman–Crippen MR) is 103 cm³/mol. The smallest absolute Gasteiger partial charge is 0.308 e. The average molecular weight is 372 g/mol. The van der Waals surface area contributed by atoms with E-state index in [0.29, 0.717) is 12.3 Å². The number of aliphatic carboxylic acids is 1. The topological polar surface area (TPSA) is 88.3 Å². The Hall–Kier alpha value is -2.70. The zero-order chi connectivity index (χ0) is 20.1. The fourth-order valence-corrected chi connectivity index (χ4v) is 2.90. The fraction of sp³-hybridized carbons (Fsp3) is 0.500. The summed E-state index contributed by atoms with van der Waals surface area (Å²) >= 11 is 0. The third-order valence-corrected chi connectivity index (χ3v) is 4.55. The van der Waals surface area contributed by atoms with Gasteiger partial charge in [-0.15, -0.1) is 5.10 Å². The molecule has 1 heterocycles. The Bertz CT molecular complexity index is 813. The lowest BCUT2D eigenvalue weighted by Gasteiger charge is -2.19. The largest absolute Gasteiger partial charge is 0.481 e. The van der Waals surface area contributed by atoms with Crippen molar-refractivity contribution in [1.29, 1.82) is 0 Å². The van der Waals surface area contributed by atoms with E-state index in [4.69, 9.17) is 5.11 Å². The summed E-state index contributed by atoms with van der Waals surface area (Å²) in [6.07, 6.45) is 1.50. The van der Waals surface area contributed by atoms with E-state index in [1.807, 2.05) is 19.1 Å². The average Bonchev–Trinajstić information content (AvgIpc) is 3.04. The van der Waals surface area contributed by atoms with Crippen molar-refractivity contribution in [3.8, 4) is 5.69 Å². The van der Waals surface area contributed by atoms with Gasteiger partial charge in [-0.25, -0.2) is 4.68 Å². The number of hydrogen-bond acceptors (Lipinski definition) is 4. The molecule has 0 bridgehead atoms. The number of rotatable bonds is 8. The molecular weight excluding hydrogens is 344 g/mol. The first kappa shape index (κ1) is 20.6. The van der Waals surface area contributed by atoms with E-state index in [1.165, 1.54) is 10.5 Å². The zero-order valence-electron chi connectivity index (χ0n) is 16.6. The number of hydrogen-bond donors (Lipinski definition) is 1. The number of carbonyl (C=O) groups excluding carboxylic acids is 1. The van der Waals surface area contributed by atoms with Crippen LogP contribution in [0.4, 0.5) is 0 Å². The van der Waals surface area contributed by atoms with Crippen LogP contribution in [0.15, 0.2) is 24.3 Å². The maximum absolute atomic E-state index is 12.8. The van der Waals surface area contributed by atoms with Gasteiger partial charge in [-0.05, 0) is 30.0 Å². The monoisotopic (exact) mass is 372 g/mol. The standard InChI is InChI=1S/C20H28N4O3/c1-6-8-17-18(19(25)23(5)12-14(4)20(26)27)21-22-24(17)16-10-7-9-15(11-16)13(2)3/h7,9-11,13-14H,6,8,12H2,1-5H3,(H,26,27). The highest BCUT2D eigenvalue weighted by molar-refractivity contribution is 5.93. The zero-order valence-corrected chi connectivity index (χ0v) is 16.6. The minimum Gasteiger partial charge on any atom is -0.481 e. The van der Waals surface area contributed by atoms with Crippen molar-refractivity contribution in [2.75, 3.05) is 13.6 Å². The molecular formula is C20H28N4O3. The molecule has 1 aromatic carbocycles. The molecule has 0 radical (unpaired) electrons.